The maximum Gasteiger partial charge on any atom is 0.418 e. The molecule has 6 nitrogen and oxygen atoms in total. The number of anilines is 2. The standard InChI is InChI=1S/C19H27F3N4O2/c1-18(2,3)28-17(27)26-7-5-14(6-8-26)25(4)16-12(11-23)9-13(24)10-15(16)19(20,21)22/h9-11,14,23H,5-8,24H2,1-4H3. The zero-order chi connectivity index (χ0) is 21.3. The molecule has 1 aliphatic rings. The SMILES string of the molecule is CN(c1c(C=N)cc(N)cc1C(F)(F)F)C1CCN(C(=O)OC(C)(C)C)CC1. The molecular formula is C19H27F3N4O2. The first-order valence-corrected chi connectivity index (χ1v) is 9.05. The van der Waals surface area contributed by atoms with Crippen molar-refractivity contribution in [1.29, 1.82) is 5.41 Å². The number of benzene rings is 1. The van der Waals surface area contributed by atoms with E-state index in [1.807, 2.05) is 0 Å². The third-order valence-electron chi connectivity index (χ3n) is 4.64. The molecule has 28 heavy (non-hydrogen) atoms. The Hall–Kier alpha value is -2.45. The topological polar surface area (TPSA) is 82.7 Å². The number of hydrogen-bond acceptors (Lipinski definition) is 5. The number of nitrogen functional groups attached to an aromatic ring is 1. The summed E-state index contributed by atoms with van der Waals surface area (Å²) in [6, 6.07) is 2.06. The van der Waals surface area contributed by atoms with Crippen molar-refractivity contribution in [3.05, 3.63) is 23.3 Å². The molecule has 0 radical (unpaired) electrons. The first-order valence-electron chi connectivity index (χ1n) is 9.05. The molecular weight excluding hydrogens is 373 g/mol. The van der Waals surface area contributed by atoms with Crippen LogP contribution in [0.25, 0.3) is 0 Å². The molecule has 0 spiro atoms. The highest BCUT2D eigenvalue weighted by molar-refractivity contribution is 5.89. The number of alkyl halides is 3. The minimum Gasteiger partial charge on any atom is -0.444 e. The number of carbonyl (C=O) groups excluding carboxylic acids is 1. The minimum atomic E-state index is -4.59. The Morgan fingerprint density at radius 3 is 2.32 bits per heavy atom. The van der Waals surface area contributed by atoms with Gasteiger partial charge in [-0.15, -0.1) is 0 Å². The van der Waals surface area contributed by atoms with E-state index in [9.17, 15) is 18.0 Å². The van der Waals surface area contributed by atoms with Crippen LogP contribution in [-0.4, -0.2) is 49.0 Å². The molecule has 1 aliphatic heterocycles. The maximum absolute atomic E-state index is 13.6. The molecule has 1 fully saturated rings. The zero-order valence-electron chi connectivity index (χ0n) is 16.6. The van der Waals surface area contributed by atoms with E-state index in [1.54, 1.807) is 37.6 Å². The van der Waals surface area contributed by atoms with Crippen molar-refractivity contribution in [2.24, 2.45) is 0 Å². The number of piperidine rings is 1. The van der Waals surface area contributed by atoms with Crippen LogP contribution in [0.1, 0.15) is 44.7 Å². The average Bonchev–Trinajstić information content (AvgIpc) is 2.58. The number of nitrogens with zero attached hydrogens (tertiary/aromatic N) is 2. The predicted molar refractivity (Wildman–Crippen MR) is 103 cm³/mol. The summed E-state index contributed by atoms with van der Waals surface area (Å²) in [6.07, 6.45) is -3.14. The van der Waals surface area contributed by atoms with Gasteiger partial charge in [0.2, 0.25) is 0 Å². The summed E-state index contributed by atoms with van der Waals surface area (Å²) in [7, 11) is 1.58. The number of halogens is 3. The molecule has 1 saturated heterocycles. The Kier molecular flexibility index (Phi) is 6.15. The highest BCUT2D eigenvalue weighted by Gasteiger charge is 2.38. The summed E-state index contributed by atoms with van der Waals surface area (Å²) in [6.45, 7) is 6.12. The van der Waals surface area contributed by atoms with E-state index in [0.717, 1.165) is 12.3 Å². The number of nitrogens with two attached hydrogens (primary N) is 1. The molecule has 2 rings (SSSR count). The number of nitrogens with one attached hydrogen (secondary N) is 1. The van der Waals surface area contributed by atoms with Gasteiger partial charge in [0.1, 0.15) is 5.60 Å². The van der Waals surface area contributed by atoms with Crippen LogP contribution < -0.4 is 10.6 Å². The summed E-state index contributed by atoms with van der Waals surface area (Å²) < 4.78 is 46.1. The molecule has 0 atom stereocenters. The lowest BCUT2D eigenvalue weighted by Crippen LogP contribution is -2.47. The van der Waals surface area contributed by atoms with E-state index in [-0.39, 0.29) is 23.0 Å². The maximum atomic E-state index is 13.6. The molecule has 156 valence electrons. The van der Waals surface area contributed by atoms with Gasteiger partial charge in [0.15, 0.2) is 0 Å². The molecule has 3 N–H and O–H groups in total. The fraction of sp³-hybridized carbons (Fsp3) is 0.579. The van der Waals surface area contributed by atoms with E-state index < -0.39 is 23.4 Å². The van der Waals surface area contributed by atoms with Crippen molar-refractivity contribution in [2.75, 3.05) is 30.8 Å². The Bertz CT molecular complexity index is 736. The largest absolute Gasteiger partial charge is 0.444 e. The first kappa shape index (κ1) is 21.8. The van der Waals surface area contributed by atoms with Crippen LogP contribution in [0, 0.1) is 5.41 Å². The molecule has 0 aliphatic carbocycles. The summed E-state index contributed by atoms with van der Waals surface area (Å²) in [5.41, 5.74) is 4.15. The van der Waals surface area contributed by atoms with Crippen LogP contribution >= 0.6 is 0 Å². The first-order chi connectivity index (χ1) is 12.8. The van der Waals surface area contributed by atoms with Crippen LogP contribution in [0.3, 0.4) is 0 Å². The Morgan fingerprint density at radius 1 is 1.29 bits per heavy atom. The highest BCUT2D eigenvalue weighted by atomic mass is 19.4. The summed E-state index contributed by atoms with van der Waals surface area (Å²) in [5.74, 6) is 0. The lowest BCUT2D eigenvalue weighted by Gasteiger charge is -2.39. The van der Waals surface area contributed by atoms with Crippen LogP contribution in [0.5, 0.6) is 0 Å². The Balaban J connectivity index is 2.21. The van der Waals surface area contributed by atoms with Crippen LogP contribution in [0.15, 0.2) is 12.1 Å². The van der Waals surface area contributed by atoms with Gasteiger partial charge in [0.25, 0.3) is 0 Å². The lowest BCUT2D eigenvalue weighted by atomic mass is 9.99. The third-order valence-corrected chi connectivity index (χ3v) is 4.64. The molecule has 0 bridgehead atoms. The van der Waals surface area contributed by atoms with Crippen LogP contribution in [-0.2, 0) is 10.9 Å². The number of amides is 1. The molecule has 0 aromatic heterocycles. The van der Waals surface area contributed by atoms with Gasteiger partial charge < -0.3 is 25.7 Å². The molecule has 1 aromatic rings. The second kappa shape index (κ2) is 7.89. The van der Waals surface area contributed by atoms with Crippen molar-refractivity contribution in [3.63, 3.8) is 0 Å². The fourth-order valence-corrected chi connectivity index (χ4v) is 3.34. The smallest absolute Gasteiger partial charge is 0.418 e. The second-order valence-corrected chi connectivity index (χ2v) is 7.96. The van der Waals surface area contributed by atoms with Gasteiger partial charge in [-0.3, -0.25) is 0 Å². The quantitative estimate of drug-likeness (QED) is 0.591. The lowest BCUT2D eigenvalue weighted by molar-refractivity contribution is -0.137. The molecule has 0 saturated carbocycles. The van der Waals surface area contributed by atoms with Crippen LogP contribution in [0.4, 0.5) is 29.3 Å². The predicted octanol–water partition coefficient (Wildman–Crippen LogP) is 4.12. The summed E-state index contributed by atoms with van der Waals surface area (Å²) >= 11 is 0. The Labute approximate surface area is 162 Å². The van der Waals surface area contributed by atoms with E-state index in [1.165, 1.54) is 6.07 Å². The van der Waals surface area contributed by atoms with Crippen molar-refractivity contribution < 1.29 is 22.7 Å². The average molecular weight is 400 g/mol. The molecule has 1 amide bonds. The molecule has 1 aromatic carbocycles. The number of hydrogen-bond donors (Lipinski definition) is 2. The van der Waals surface area contributed by atoms with E-state index in [0.29, 0.717) is 25.9 Å². The Morgan fingerprint density at radius 2 is 1.86 bits per heavy atom. The van der Waals surface area contributed by atoms with Gasteiger partial charge in [-0.25, -0.2) is 4.79 Å². The van der Waals surface area contributed by atoms with Crippen LogP contribution in [0.2, 0.25) is 0 Å². The zero-order valence-corrected chi connectivity index (χ0v) is 16.6. The number of rotatable bonds is 3. The van der Waals surface area contributed by atoms with Crippen molar-refractivity contribution >= 4 is 23.7 Å². The minimum absolute atomic E-state index is 0.0391. The third kappa shape index (κ3) is 5.08. The van der Waals surface area contributed by atoms with Gasteiger partial charge in [-0.1, -0.05) is 0 Å². The molecule has 9 heteroatoms. The fourth-order valence-electron chi connectivity index (χ4n) is 3.34. The van der Waals surface area contributed by atoms with Crippen molar-refractivity contribution in [1.82, 2.24) is 4.90 Å². The number of carbonyl (C=O) groups is 1. The monoisotopic (exact) mass is 400 g/mol. The molecule has 0 unspecified atom stereocenters. The summed E-state index contributed by atoms with van der Waals surface area (Å²) in [5, 5.41) is 7.52. The van der Waals surface area contributed by atoms with Gasteiger partial charge in [0.05, 0.1) is 11.3 Å². The number of likely N-dealkylation sites (tertiary alicyclic amines) is 1. The van der Waals surface area contributed by atoms with Gasteiger partial charge in [-0.2, -0.15) is 13.2 Å². The van der Waals surface area contributed by atoms with E-state index in [2.05, 4.69) is 0 Å². The van der Waals surface area contributed by atoms with E-state index >= 15 is 0 Å². The van der Waals surface area contributed by atoms with Crippen molar-refractivity contribution in [3.8, 4) is 0 Å². The van der Waals surface area contributed by atoms with Gasteiger partial charge in [-0.05, 0) is 45.7 Å². The van der Waals surface area contributed by atoms with Crippen molar-refractivity contribution in [2.45, 2.75) is 51.4 Å². The normalized spacial score (nSPS) is 16.0. The summed E-state index contributed by atoms with van der Waals surface area (Å²) in [4.78, 5) is 15.3. The molecule has 1 heterocycles. The van der Waals surface area contributed by atoms with Gasteiger partial charge >= 0.3 is 12.3 Å². The second-order valence-electron chi connectivity index (χ2n) is 7.96. The van der Waals surface area contributed by atoms with E-state index in [4.69, 9.17) is 15.9 Å². The van der Waals surface area contributed by atoms with Gasteiger partial charge in [0, 0.05) is 43.6 Å². The highest BCUT2D eigenvalue weighted by Crippen LogP contribution is 2.40. The number of ether oxygens (including phenoxy) is 1.